The Hall–Kier alpha value is -4.67. The average Bonchev–Trinajstić information content (AvgIpc) is 2.95. The Labute approximate surface area is 226 Å². The lowest BCUT2D eigenvalue weighted by Crippen LogP contribution is -2.51. The highest BCUT2D eigenvalue weighted by Gasteiger charge is 2.37. The molecule has 2 aromatic rings. The van der Waals surface area contributed by atoms with Gasteiger partial charge in [-0.2, -0.15) is 0 Å². The van der Waals surface area contributed by atoms with Crippen LogP contribution >= 0.6 is 0 Å². The SMILES string of the molecule is COC(=O)C1=C(C)NC(C)=C(C(=O)NCC(=O)N2CCN(c3ccccc3)CC2)C1c1cccc([N+](=O)[O-])c1. The zero-order valence-corrected chi connectivity index (χ0v) is 22.1. The molecule has 0 aromatic heterocycles. The number of anilines is 1. The third-order valence-corrected chi connectivity index (χ3v) is 6.98. The summed E-state index contributed by atoms with van der Waals surface area (Å²) in [6.07, 6.45) is 0. The molecule has 2 aliphatic heterocycles. The van der Waals surface area contributed by atoms with Crippen molar-refractivity contribution in [3.05, 3.63) is 92.8 Å². The van der Waals surface area contributed by atoms with Gasteiger partial charge in [-0.1, -0.05) is 30.3 Å². The number of amides is 2. The zero-order chi connectivity index (χ0) is 28.1. The van der Waals surface area contributed by atoms with Crippen molar-refractivity contribution in [3.8, 4) is 0 Å². The lowest BCUT2D eigenvalue weighted by molar-refractivity contribution is -0.384. The van der Waals surface area contributed by atoms with E-state index < -0.39 is 22.7 Å². The molecule has 2 N–H and O–H groups in total. The second-order valence-corrected chi connectivity index (χ2v) is 9.37. The number of allylic oxidation sites excluding steroid dienone is 2. The predicted octanol–water partition coefficient (Wildman–Crippen LogP) is 2.47. The molecule has 2 amide bonds. The molecule has 2 heterocycles. The third-order valence-electron chi connectivity index (χ3n) is 6.98. The van der Waals surface area contributed by atoms with Gasteiger partial charge in [0.15, 0.2) is 0 Å². The van der Waals surface area contributed by atoms with Crippen LogP contribution in [0.2, 0.25) is 0 Å². The Morgan fingerprint density at radius 1 is 1.00 bits per heavy atom. The van der Waals surface area contributed by atoms with E-state index in [2.05, 4.69) is 15.5 Å². The predicted molar refractivity (Wildman–Crippen MR) is 145 cm³/mol. The highest BCUT2D eigenvalue weighted by Crippen LogP contribution is 2.39. The maximum absolute atomic E-state index is 13.5. The first-order valence-corrected chi connectivity index (χ1v) is 12.6. The van der Waals surface area contributed by atoms with Crippen LogP contribution in [0.15, 0.2) is 77.1 Å². The average molecular weight is 534 g/mol. The fourth-order valence-electron chi connectivity index (χ4n) is 5.04. The van der Waals surface area contributed by atoms with Crippen LogP contribution < -0.4 is 15.5 Å². The number of non-ortho nitro benzene ring substituents is 1. The molecule has 4 rings (SSSR count). The number of para-hydroxylation sites is 1. The minimum atomic E-state index is -0.928. The second kappa shape index (κ2) is 11.8. The van der Waals surface area contributed by atoms with E-state index in [9.17, 15) is 24.5 Å². The van der Waals surface area contributed by atoms with Crippen molar-refractivity contribution in [1.29, 1.82) is 0 Å². The Kier molecular flexibility index (Phi) is 8.28. The molecule has 0 bridgehead atoms. The molecule has 39 heavy (non-hydrogen) atoms. The van der Waals surface area contributed by atoms with Crippen molar-refractivity contribution < 1.29 is 24.0 Å². The van der Waals surface area contributed by atoms with Gasteiger partial charge < -0.3 is 25.2 Å². The van der Waals surface area contributed by atoms with Crippen LogP contribution in [0.25, 0.3) is 0 Å². The molecule has 1 atom stereocenters. The number of dihydropyridines is 1. The quantitative estimate of drug-likeness (QED) is 0.315. The van der Waals surface area contributed by atoms with Crippen LogP contribution in [-0.4, -0.2) is 67.4 Å². The Morgan fingerprint density at radius 3 is 2.31 bits per heavy atom. The number of ether oxygens (including phenoxy) is 1. The molecule has 1 saturated heterocycles. The first kappa shape index (κ1) is 27.4. The first-order valence-electron chi connectivity index (χ1n) is 12.6. The van der Waals surface area contributed by atoms with Gasteiger partial charge in [0.05, 0.1) is 30.1 Å². The number of hydrogen-bond donors (Lipinski definition) is 2. The fraction of sp³-hybridized carbons (Fsp3) is 0.321. The van der Waals surface area contributed by atoms with E-state index in [1.807, 2.05) is 30.3 Å². The molecule has 1 unspecified atom stereocenters. The summed E-state index contributed by atoms with van der Waals surface area (Å²) in [5.41, 5.74) is 2.61. The summed E-state index contributed by atoms with van der Waals surface area (Å²) in [5, 5.41) is 17.2. The van der Waals surface area contributed by atoms with E-state index >= 15 is 0 Å². The Balaban J connectivity index is 1.51. The van der Waals surface area contributed by atoms with Gasteiger partial charge in [0.25, 0.3) is 5.69 Å². The maximum Gasteiger partial charge on any atom is 0.336 e. The molecule has 0 spiro atoms. The van der Waals surface area contributed by atoms with E-state index in [1.165, 1.54) is 25.3 Å². The van der Waals surface area contributed by atoms with E-state index in [1.54, 1.807) is 24.8 Å². The van der Waals surface area contributed by atoms with Crippen molar-refractivity contribution in [2.45, 2.75) is 19.8 Å². The second-order valence-electron chi connectivity index (χ2n) is 9.37. The molecule has 11 nitrogen and oxygen atoms in total. The van der Waals surface area contributed by atoms with Gasteiger partial charge in [0.2, 0.25) is 11.8 Å². The number of nitrogens with one attached hydrogen (secondary N) is 2. The molecule has 0 radical (unpaired) electrons. The third kappa shape index (κ3) is 5.92. The lowest BCUT2D eigenvalue weighted by Gasteiger charge is -2.36. The van der Waals surface area contributed by atoms with Crippen LogP contribution in [-0.2, 0) is 19.1 Å². The monoisotopic (exact) mass is 533 g/mol. The number of carbonyl (C=O) groups excluding carboxylic acids is 3. The summed E-state index contributed by atoms with van der Waals surface area (Å²) >= 11 is 0. The molecular formula is C28H31N5O6. The standard InChI is InChI=1S/C28H31N5O6/c1-18-24(26(25(19(2)30-18)28(36)39-3)20-8-7-11-22(16-20)33(37)38)27(35)29-17-23(34)32-14-12-31(13-15-32)21-9-5-4-6-10-21/h4-11,16,26,30H,12-15,17H2,1-3H3,(H,29,35). The minimum absolute atomic E-state index is 0.164. The zero-order valence-electron chi connectivity index (χ0n) is 22.1. The van der Waals surface area contributed by atoms with Crippen LogP contribution in [0.3, 0.4) is 0 Å². The van der Waals surface area contributed by atoms with Crippen LogP contribution in [0.4, 0.5) is 11.4 Å². The number of rotatable bonds is 7. The van der Waals surface area contributed by atoms with Crippen LogP contribution in [0.5, 0.6) is 0 Å². The van der Waals surface area contributed by atoms with Gasteiger partial charge in [-0.15, -0.1) is 0 Å². The molecule has 2 aliphatic rings. The van der Waals surface area contributed by atoms with Crippen molar-refractivity contribution >= 4 is 29.2 Å². The summed E-state index contributed by atoms with van der Waals surface area (Å²) in [5.74, 6) is -2.36. The topological polar surface area (TPSA) is 134 Å². The molecule has 2 aromatic carbocycles. The van der Waals surface area contributed by atoms with E-state index in [-0.39, 0.29) is 29.3 Å². The van der Waals surface area contributed by atoms with Crippen molar-refractivity contribution in [3.63, 3.8) is 0 Å². The number of nitro groups is 1. The number of nitrogens with zero attached hydrogens (tertiary/aromatic N) is 3. The Morgan fingerprint density at radius 2 is 1.67 bits per heavy atom. The number of esters is 1. The highest BCUT2D eigenvalue weighted by atomic mass is 16.6. The Bertz CT molecular complexity index is 1350. The van der Waals surface area contributed by atoms with E-state index in [0.717, 1.165) is 5.69 Å². The minimum Gasteiger partial charge on any atom is -0.466 e. The summed E-state index contributed by atoms with van der Waals surface area (Å²) in [6, 6.07) is 15.8. The molecule has 0 saturated carbocycles. The maximum atomic E-state index is 13.5. The molecule has 0 aliphatic carbocycles. The summed E-state index contributed by atoms with van der Waals surface area (Å²) in [7, 11) is 1.23. The van der Waals surface area contributed by atoms with Gasteiger partial charge in [-0.25, -0.2) is 4.79 Å². The molecule has 11 heteroatoms. The van der Waals surface area contributed by atoms with Gasteiger partial charge in [0.1, 0.15) is 0 Å². The molecule has 204 valence electrons. The summed E-state index contributed by atoms with van der Waals surface area (Å²) in [6.45, 7) is 5.54. The van der Waals surface area contributed by atoms with E-state index in [0.29, 0.717) is 43.1 Å². The van der Waals surface area contributed by atoms with Crippen LogP contribution in [0.1, 0.15) is 25.3 Å². The lowest BCUT2D eigenvalue weighted by atomic mass is 9.80. The number of piperazine rings is 1. The highest BCUT2D eigenvalue weighted by molar-refractivity contribution is 6.03. The number of benzene rings is 2. The van der Waals surface area contributed by atoms with Crippen LogP contribution in [0, 0.1) is 10.1 Å². The smallest absolute Gasteiger partial charge is 0.336 e. The summed E-state index contributed by atoms with van der Waals surface area (Å²) in [4.78, 5) is 54.1. The van der Waals surface area contributed by atoms with Gasteiger partial charge >= 0.3 is 5.97 Å². The fourth-order valence-corrected chi connectivity index (χ4v) is 5.04. The van der Waals surface area contributed by atoms with Crippen molar-refractivity contribution in [2.75, 3.05) is 44.7 Å². The van der Waals surface area contributed by atoms with E-state index in [4.69, 9.17) is 4.74 Å². The van der Waals surface area contributed by atoms with Gasteiger partial charge in [0, 0.05) is 61.0 Å². The molecule has 1 fully saturated rings. The largest absolute Gasteiger partial charge is 0.466 e. The number of hydrogen-bond acceptors (Lipinski definition) is 8. The number of methoxy groups -OCH3 is 1. The van der Waals surface area contributed by atoms with Gasteiger partial charge in [-0.05, 0) is 31.5 Å². The molecular weight excluding hydrogens is 502 g/mol. The van der Waals surface area contributed by atoms with Gasteiger partial charge in [-0.3, -0.25) is 19.7 Å². The van der Waals surface area contributed by atoms with Crippen molar-refractivity contribution in [2.24, 2.45) is 0 Å². The first-order chi connectivity index (χ1) is 18.7. The summed E-state index contributed by atoms with van der Waals surface area (Å²) < 4.78 is 4.98. The number of nitro benzene ring substituents is 1. The van der Waals surface area contributed by atoms with Crippen molar-refractivity contribution in [1.82, 2.24) is 15.5 Å². The normalized spacial score (nSPS) is 17.5. The number of carbonyl (C=O) groups is 3.